The first-order chi connectivity index (χ1) is 9.79. The minimum Gasteiger partial charge on any atom is -0.352 e. The molecule has 0 aliphatic heterocycles. The summed E-state index contributed by atoms with van der Waals surface area (Å²) >= 11 is 0. The van der Waals surface area contributed by atoms with Crippen LogP contribution in [0.15, 0.2) is 18.2 Å². The van der Waals surface area contributed by atoms with Crippen LogP contribution in [0.25, 0.3) is 10.9 Å². The topological polar surface area (TPSA) is 44.9 Å². The normalized spacial score (nSPS) is 13.9. The summed E-state index contributed by atoms with van der Waals surface area (Å²) in [6.45, 7) is 0.906. The van der Waals surface area contributed by atoms with Gasteiger partial charge in [-0.3, -0.25) is 4.79 Å². The molecule has 0 bridgehead atoms. The molecule has 2 N–H and O–H groups in total. The summed E-state index contributed by atoms with van der Waals surface area (Å²) in [5.74, 6) is 6.59. The van der Waals surface area contributed by atoms with Gasteiger partial charge in [-0.05, 0) is 43.7 Å². The SMILES string of the molecule is CNCCC#Cc1ccc2[nH]c3c(c2c1)CCCC3=O. The Hall–Kier alpha value is -2.05. The molecule has 0 radical (unpaired) electrons. The fraction of sp³-hybridized carbons (Fsp3) is 0.353. The van der Waals surface area contributed by atoms with Gasteiger partial charge in [0, 0.05) is 35.9 Å². The highest BCUT2D eigenvalue weighted by Gasteiger charge is 2.21. The zero-order valence-electron chi connectivity index (χ0n) is 11.7. The molecule has 102 valence electrons. The maximum Gasteiger partial charge on any atom is 0.179 e. The second-order valence-corrected chi connectivity index (χ2v) is 5.17. The number of aryl methyl sites for hydroxylation is 1. The van der Waals surface area contributed by atoms with Gasteiger partial charge in [-0.25, -0.2) is 0 Å². The van der Waals surface area contributed by atoms with Crippen LogP contribution in [0, 0.1) is 11.8 Å². The Kier molecular flexibility index (Phi) is 3.58. The van der Waals surface area contributed by atoms with Crippen molar-refractivity contribution in [1.29, 1.82) is 0 Å². The zero-order valence-corrected chi connectivity index (χ0v) is 11.7. The van der Waals surface area contributed by atoms with Gasteiger partial charge in [0.25, 0.3) is 0 Å². The lowest BCUT2D eigenvalue weighted by Gasteiger charge is -2.09. The highest BCUT2D eigenvalue weighted by atomic mass is 16.1. The van der Waals surface area contributed by atoms with Crippen molar-refractivity contribution in [2.45, 2.75) is 25.7 Å². The summed E-state index contributed by atoms with van der Waals surface area (Å²) in [6.07, 6.45) is 3.45. The molecule has 0 unspecified atom stereocenters. The minimum absolute atomic E-state index is 0.240. The predicted octanol–water partition coefficient (Wildman–Crippen LogP) is 2.65. The molecule has 0 spiro atoms. The number of ketones is 1. The third-order valence-corrected chi connectivity index (χ3v) is 3.75. The average Bonchev–Trinajstić information content (AvgIpc) is 2.83. The number of carbonyl (C=O) groups excluding carboxylic acids is 1. The Bertz CT molecular complexity index is 716. The molecule has 3 nitrogen and oxygen atoms in total. The van der Waals surface area contributed by atoms with E-state index in [0.29, 0.717) is 6.42 Å². The molecule has 0 atom stereocenters. The Morgan fingerprint density at radius 3 is 3.10 bits per heavy atom. The van der Waals surface area contributed by atoms with Crippen molar-refractivity contribution < 1.29 is 4.79 Å². The molecule has 0 saturated heterocycles. The molecule has 1 aliphatic rings. The third-order valence-electron chi connectivity index (χ3n) is 3.75. The number of rotatable bonds is 2. The molecule has 1 heterocycles. The number of Topliss-reactive ketones (excluding diaryl/α,β-unsaturated/α-hetero) is 1. The van der Waals surface area contributed by atoms with E-state index in [1.807, 2.05) is 19.2 Å². The van der Waals surface area contributed by atoms with E-state index in [4.69, 9.17) is 0 Å². The smallest absolute Gasteiger partial charge is 0.179 e. The number of aromatic amines is 1. The Balaban J connectivity index is 1.98. The number of hydrogen-bond donors (Lipinski definition) is 2. The first kappa shape index (κ1) is 13.0. The van der Waals surface area contributed by atoms with Gasteiger partial charge in [-0.1, -0.05) is 11.8 Å². The first-order valence-electron chi connectivity index (χ1n) is 7.11. The number of aromatic nitrogens is 1. The van der Waals surface area contributed by atoms with Crippen molar-refractivity contribution >= 4 is 16.7 Å². The van der Waals surface area contributed by atoms with Gasteiger partial charge in [-0.15, -0.1) is 0 Å². The molecule has 3 heteroatoms. The van der Waals surface area contributed by atoms with Crippen molar-refractivity contribution in [3.8, 4) is 11.8 Å². The lowest BCUT2D eigenvalue weighted by atomic mass is 9.94. The zero-order chi connectivity index (χ0) is 13.9. The summed E-state index contributed by atoms with van der Waals surface area (Å²) in [5.41, 5.74) is 4.06. The Labute approximate surface area is 118 Å². The van der Waals surface area contributed by atoms with Crippen molar-refractivity contribution in [2.24, 2.45) is 0 Å². The van der Waals surface area contributed by atoms with Crippen molar-refractivity contribution in [1.82, 2.24) is 10.3 Å². The van der Waals surface area contributed by atoms with Gasteiger partial charge in [0.1, 0.15) is 0 Å². The van der Waals surface area contributed by atoms with Gasteiger partial charge in [0.05, 0.1) is 5.69 Å². The fourth-order valence-electron chi connectivity index (χ4n) is 2.73. The molecule has 0 amide bonds. The fourth-order valence-corrected chi connectivity index (χ4v) is 2.73. The van der Waals surface area contributed by atoms with E-state index in [2.05, 4.69) is 28.2 Å². The molecule has 1 aliphatic carbocycles. The van der Waals surface area contributed by atoms with Crippen LogP contribution in [0.1, 0.15) is 40.9 Å². The predicted molar refractivity (Wildman–Crippen MR) is 81.0 cm³/mol. The Morgan fingerprint density at radius 1 is 1.35 bits per heavy atom. The number of carbonyl (C=O) groups is 1. The van der Waals surface area contributed by atoms with Crippen LogP contribution in [0.5, 0.6) is 0 Å². The number of nitrogens with one attached hydrogen (secondary N) is 2. The molecule has 0 fully saturated rings. The number of H-pyrrole nitrogens is 1. The van der Waals surface area contributed by atoms with E-state index in [9.17, 15) is 4.79 Å². The molecule has 1 aromatic carbocycles. The van der Waals surface area contributed by atoms with Crippen molar-refractivity contribution in [3.63, 3.8) is 0 Å². The standard InChI is InChI=1S/C17H18N2O/c1-18-10-3-2-5-12-8-9-15-14(11-12)13-6-4-7-16(20)17(13)19-15/h8-9,11,18-19H,3-4,6-7,10H2,1H3. The highest BCUT2D eigenvalue weighted by molar-refractivity contribution is 6.03. The lowest BCUT2D eigenvalue weighted by molar-refractivity contribution is 0.0968. The van der Waals surface area contributed by atoms with Gasteiger partial charge >= 0.3 is 0 Å². The minimum atomic E-state index is 0.240. The van der Waals surface area contributed by atoms with Crippen LogP contribution in [0.3, 0.4) is 0 Å². The van der Waals surface area contributed by atoms with Crippen molar-refractivity contribution in [2.75, 3.05) is 13.6 Å². The quantitative estimate of drug-likeness (QED) is 0.648. The molecule has 2 aromatic rings. The monoisotopic (exact) mass is 266 g/mol. The van der Waals surface area contributed by atoms with E-state index in [1.54, 1.807) is 0 Å². The van der Waals surface area contributed by atoms with Gasteiger partial charge < -0.3 is 10.3 Å². The molecular formula is C17H18N2O. The van der Waals surface area contributed by atoms with Gasteiger partial charge in [0.15, 0.2) is 5.78 Å². The van der Waals surface area contributed by atoms with Crippen molar-refractivity contribution in [3.05, 3.63) is 35.0 Å². The Morgan fingerprint density at radius 2 is 2.25 bits per heavy atom. The van der Waals surface area contributed by atoms with Crippen LogP contribution >= 0.6 is 0 Å². The van der Waals surface area contributed by atoms with E-state index in [0.717, 1.165) is 48.0 Å². The van der Waals surface area contributed by atoms with E-state index >= 15 is 0 Å². The summed E-state index contributed by atoms with van der Waals surface area (Å²) in [4.78, 5) is 15.2. The maximum atomic E-state index is 11.9. The number of benzene rings is 1. The summed E-state index contributed by atoms with van der Waals surface area (Å²) in [5, 5.41) is 4.24. The molecule has 3 rings (SSSR count). The summed E-state index contributed by atoms with van der Waals surface area (Å²) in [6, 6.07) is 6.15. The van der Waals surface area contributed by atoms with Gasteiger partial charge in [0.2, 0.25) is 0 Å². The van der Waals surface area contributed by atoms with Crippen LogP contribution < -0.4 is 5.32 Å². The molecule has 1 aromatic heterocycles. The van der Waals surface area contributed by atoms with Crippen LogP contribution in [-0.2, 0) is 6.42 Å². The molecular weight excluding hydrogens is 248 g/mol. The maximum absolute atomic E-state index is 11.9. The van der Waals surface area contributed by atoms with Crippen LogP contribution in [0.2, 0.25) is 0 Å². The first-order valence-corrected chi connectivity index (χ1v) is 7.11. The number of hydrogen-bond acceptors (Lipinski definition) is 2. The second-order valence-electron chi connectivity index (χ2n) is 5.17. The van der Waals surface area contributed by atoms with E-state index in [-0.39, 0.29) is 5.78 Å². The van der Waals surface area contributed by atoms with Crippen LogP contribution in [0.4, 0.5) is 0 Å². The summed E-state index contributed by atoms with van der Waals surface area (Å²) < 4.78 is 0. The van der Waals surface area contributed by atoms with E-state index < -0.39 is 0 Å². The second kappa shape index (κ2) is 5.52. The number of fused-ring (bicyclic) bond motifs is 3. The molecule has 0 saturated carbocycles. The van der Waals surface area contributed by atoms with Gasteiger partial charge in [-0.2, -0.15) is 0 Å². The largest absolute Gasteiger partial charge is 0.352 e. The highest BCUT2D eigenvalue weighted by Crippen LogP contribution is 2.29. The lowest BCUT2D eigenvalue weighted by Crippen LogP contribution is -2.09. The molecule has 20 heavy (non-hydrogen) atoms. The van der Waals surface area contributed by atoms with Crippen LogP contribution in [-0.4, -0.2) is 24.4 Å². The third kappa shape index (κ3) is 2.35. The van der Waals surface area contributed by atoms with E-state index in [1.165, 1.54) is 5.56 Å². The average molecular weight is 266 g/mol. The summed E-state index contributed by atoms with van der Waals surface area (Å²) in [7, 11) is 1.93.